The predicted molar refractivity (Wildman–Crippen MR) is 163 cm³/mol. The first-order chi connectivity index (χ1) is 14.7. The molecule has 38 heavy (non-hydrogen) atoms. The Morgan fingerprint density at radius 3 is 1.37 bits per heavy atom. The fourth-order valence-corrected chi connectivity index (χ4v) is 3.70. The first-order valence-electron chi connectivity index (χ1n) is 12.5. The Labute approximate surface area is 309 Å². The third-order valence-corrected chi connectivity index (χ3v) is 5.67. The molecule has 0 aromatic heterocycles. The molecule has 5 heteroatoms. The van der Waals surface area contributed by atoms with Crippen LogP contribution in [-0.4, -0.2) is 17.7 Å². The number of phenols is 1. The Bertz CT molecular complexity index is 521. The van der Waals surface area contributed by atoms with Crippen molar-refractivity contribution in [1.82, 2.24) is 0 Å². The zero-order chi connectivity index (χ0) is 21.7. The molecule has 3 nitrogen and oxygen atoms in total. The molecular weight excluding hydrogens is 725 g/mol. The van der Waals surface area contributed by atoms with Crippen LogP contribution in [0.5, 0.6) is 5.75 Å². The van der Waals surface area contributed by atoms with Crippen molar-refractivity contribution in [2.24, 2.45) is 0 Å². The molecule has 0 unspecified atom stereocenters. The fourth-order valence-electron chi connectivity index (χ4n) is 3.70. The first-order valence-corrected chi connectivity index (χ1v) is 12.5. The van der Waals surface area contributed by atoms with Crippen LogP contribution >= 0.6 is 0 Å². The van der Waals surface area contributed by atoms with E-state index < -0.39 is 0 Å². The summed E-state index contributed by atoms with van der Waals surface area (Å²) >= 11 is 0. The quantitative estimate of drug-likeness (QED) is 0.0814. The van der Waals surface area contributed by atoms with Gasteiger partial charge in [0, 0.05) is 6.42 Å². The smallest absolute Gasteiger partial charge is 0.559 e. The van der Waals surface area contributed by atoms with Gasteiger partial charge in [0.25, 0.3) is 0 Å². The van der Waals surface area contributed by atoms with Gasteiger partial charge in [-0.1, -0.05) is 103 Å². The third-order valence-electron chi connectivity index (χ3n) is 5.67. The SMILES string of the molecule is CCCCCCCCCCCCCCCCCCOC(=O)CCc1c[c-]c(O)[c-]c1.[CH3-].[CH3-].[CH3-].[CH3-].[CH3-].[CH3-].[Ce+4].[Ce+4]. The van der Waals surface area contributed by atoms with Crippen LogP contribution in [0, 0.1) is 140 Å². The van der Waals surface area contributed by atoms with E-state index in [4.69, 9.17) is 9.84 Å². The molecule has 0 saturated heterocycles. The molecule has 0 heterocycles. The molecule has 0 aliphatic heterocycles. The molecule has 0 bridgehead atoms. The second-order valence-corrected chi connectivity index (χ2v) is 8.52. The molecule has 0 spiro atoms. The van der Waals surface area contributed by atoms with Gasteiger partial charge >= 0.3 is 89.5 Å². The number of carbonyl (C=O) groups is 1. The summed E-state index contributed by atoms with van der Waals surface area (Å²) in [4.78, 5) is 11.8. The number of hydrogen-bond acceptors (Lipinski definition) is 3. The van der Waals surface area contributed by atoms with E-state index in [1.54, 1.807) is 12.1 Å². The molecule has 0 amide bonds. The Hall–Kier alpha value is 1.24. The number of rotatable bonds is 20. The summed E-state index contributed by atoms with van der Waals surface area (Å²) in [5.41, 5.74) is 0.937. The van der Waals surface area contributed by atoms with Gasteiger partial charge in [-0.3, -0.25) is 22.5 Å². The zero-order valence-electron chi connectivity index (χ0n) is 26.4. The zero-order valence-corrected chi connectivity index (χ0v) is 32.6. The minimum absolute atomic E-state index is 0. The monoisotopic (exact) mass is 786 g/mol. The van der Waals surface area contributed by atoms with Gasteiger partial charge in [-0.05, 0) is 6.42 Å². The Balaban J connectivity index is -0.000000187. The molecule has 0 fully saturated rings. The number of ether oxygens (including phenoxy) is 1. The second-order valence-electron chi connectivity index (χ2n) is 8.52. The summed E-state index contributed by atoms with van der Waals surface area (Å²) in [5, 5.41) is 9.15. The molecular formula is C33H62Ce2O3. The van der Waals surface area contributed by atoms with Crippen molar-refractivity contribution in [2.75, 3.05) is 6.61 Å². The molecule has 1 aromatic rings. The van der Waals surface area contributed by atoms with Crippen LogP contribution in [-0.2, 0) is 16.0 Å². The molecule has 0 aliphatic carbocycles. The van der Waals surface area contributed by atoms with Crippen molar-refractivity contribution >= 4 is 5.97 Å². The summed E-state index contributed by atoms with van der Waals surface area (Å²) in [6.45, 7) is 2.81. The summed E-state index contributed by atoms with van der Waals surface area (Å²) in [6, 6.07) is 8.73. The normalized spacial score (nSPS) is 8.66. The van der Waals surface area contributed by atoms with Gasteiger partial charge in [0.1, 0.15) is 0 Å². The third kappa shape index (κ3) is 39.4. The number of carbonyl (C=O) groups excluding carboxylic acids is 1. The van der Waals surface area contributed by atoms with Crippen molar-refractivity contribution in [3.05, 3.63) is 74.4 Å². The van der Waals surface area contributed by atoms with Gasteiger partial charge in [-0.2, -0.15) is 0 Å². The predicted octanol–water partition coefficient (Wildman–Crippen LogP) is 10.4. The number of aryl methyl sites for hydroxylation is 1. The van der Waals surface area contributed by atoms with Crippen LogP contribution in [0.3, 0.4) is 0 Å². The van der Waals surface area contributed by atoms with Gasteiger partial charge in [0.05, 0.1) is 6.61 Å². The number of benzene rings is 1. The Morgan fingerprint density at radius 1 is 0.658 bits per heavy atom. The topological polar surface area (TPSA) is 46.5 Å². The summed E-state index contributed by atoms with van der Waals surface area (Å²) in [5.74, 6) is -0.145. The van der Waals surface area contributed by atoms with E-state index in [-0.39, 0.29) is 140 Å². The molecule has 1 aromatic carbocycles. The maximum atomic E-state index is 11.8. The van der Waals surface area contributed by atoms with Gasteiger partial charge in [0.2, 0.25) is 0 Å². The van der Waals surface area contributed by atoms with E-state index in [1.807, 2.05) is 0 Å². The van der Waals surface area contributed by atoms with Gasteiger partial charge in [-0.25, -0.2) is 0 Å². The van der Waals surface area contributed by atoms with Gasteiger partial charge < -0.3 is 66.5 Å². The Morgan fingerprint density at radius 2 is 1.00 bits per heavy atom. The number of phenolic OH excluding ortho intramolecular Hbond substituents is 1. The van der Waals surface area contributed by atoms with Gasteiger partial charge in [0.15, 0.2) is 0 Å². The van der Waals surface area contributed by atoms with Crippen LogP contribution in [0.2, 0.25) is 0 Å². The maximum Gasteiger partial charge on any atom is 4.00 e. The van der Waals surface area contributed by atoms with Crippen molar-refractivity contribution in [1.29, 1.82) is 0 Å². The molecule has 0 aliphatic rings. The van der Waals surface area contributed by atoms with E-state index in [0.717, 1.165) is 18.4 Å². The molecule has 0 radical (unpaired) electrons. The van der Waals surface area contributed by atoms with E-state index in [9.17, 15) is 4.79 Å². The molecule has 0 atom stereocenters. The van der Waals surface area contributed by atoms with Crippen LogP contribution < -0.4 is 0 Å². The van der Waals surface area contributed by atoms with Crippen molar-refractivity contribution in [3.63, 3.8) is 0 Å². The van der Waals surface area contributed by atoms with Crippen molar-refractivity contribution in [2.45, 2.75) is 122 Å². The first kappa shape index (κ1) is 58.8. The summed E-state index contributed by atoms with van der Waals surface area (Å²) in [7, 11) is 0. The summed E-state index contributed by atoms with van der Waals surface area (Å²) in [6.07, 6.45) is 22.5. The Kier molecular flexibility index (Phi) is 70.0. The van der Waals surface area contributed by atoms with Crippen molar-refractivity contribution < 1.29 is 98.1 Å². The number of esters is 1. The average molecular weight is 787 g/mol. The maximum absolute atomic E-state index is 11.8. The molecule has 220 valence electrons. The van der Waals surface area contributed by atoms with Crippen LogP contribution in [0.4, 0.5) is 0 Å². The molecule has 0 saturated carbocycles. The summed E-state index contributed by atoms with van der Waals surface area (Å²) < 4.78 is 5.30. The second kappa shape index (κ2) is 45.2. The van der Waals surface area contributed by atoms with E-state index in [1.165, 1.54) is 89.9 Å². The van der Waals surface area contributed by atoms with E-state index in [0.29, 0.717) is 19.4 Å². The van der Waals surface area contributed by atoms with Gasteiger partial charge in [-0.15, -0.1) is 12.2 Å². The minimum Gasteiger partial charge on any atom is -0.559 e. The van der Waals surface area contributed by atoms with E-state index >= 15 is 0 Å². The van der Waals surface area contributed by atoms with Crippen LogP contribution in [0.15, 0.2) is 12.1 Å². The fraction of sp³-hybridized carbons (Fsp3) is 0.606. The largest absolute Gasteiger partial charge is 4.00 e. The minimum atomic E-state index is -0.149. The molecule has 1 rings (SSSR count). The van der Waals surface area contributed by atoms with Crippen LogP contribution in [0.25, 0.3) is 0 Å². The van der Waals surface area contributed by atoms with Crippen molar-refractivity contribution in [3.8, 4) is 5.75 Å². The average Bonchev–Trinajstić information content (AvgIpc) is 2.75. The molecule has 1 N–H and O–H groups in total. The van der Waals surface area contributed by atoms with E-state index in [2.05, 4.69) is 19.1 Å². The number of unbranched alkanes of at least 4 members (excludes halogenated alkanes) is 15. The number of hydrogen-bond donors (Lipinski definition) is 1. The van der Waals surface area contributed by atoms with Crippen LogP contribution in [0.1, 0.15) is 122 Å². The number of aromatic hydroxyl groups is 1. The standard InChI is InChI=1S/C27H44O3.6CH3.2Ce/c1-2-3-4-5-6-7-8-9-10-11-12-13-14-15-16-17-24-30-27(29)23-20-25-18-21-26(28)22-19-25;;;;;;;;/h18-19,28H,2-17,20,23-24H2,1H3;6*1H3;;/q-2;6*-1;2*+4.